The summed E-state index contributed by atoms with van der Waals surface area (Å²) >= 11 is 0. The lowest BCUT2D eigenvalue weighted by Crippen LogP contribution is -2.30. The smallest absolute Gasteiger partial charge is 0.0603 e. The molecule has 0 unspecified atom stereocenters. The summed E-state index contributed by atoms with van der Waals surface area (Å²) in [4.78, 5) is 1.46. The zero-order valence-corrected chi connectivity index (χ0v) is 11.2. The number of morpholine rings is 1. The molecule has 1 aliphatic carbocycles. The van der Waals surface area contributed by atoms with Gasteiger partial charge in [0.05, 0.1) is 13.2 Å². The summed E-state index contributed by atoms with van der Waals surface area (Å²) in [7, 11) is 3.76. The second kappa shape index (κ2) is 5.48. The monoisotopic (exact) mass is 265 g/mol. The van der Waals surface area contributed by atoms with Crippen LogP contribution in [0.2, 0.25) is 0 Å². The number of hydrogen-bond acceptors (Lipinski definition) is 4. The van der Waals surface area contributed by atoms with Gasteiger partial charge in [-0.25, -0.2) is 4.31 Å². The van der Waals surface area contributed by atoms with Crippen LogP contribution in [0, 0.1) is 0 Å². The van der Waals surface area contributed by atoms with Crippen LogP contribution < -0.4 is 0 Å². The standard InChI is InChI=1S/C13H15NOS2/c1-2-4-12-10-13(9-11(12)3-1)16-17-14-5-7-15-8-6-14/h1-4,9H,5-8,10H2. The fourth-order valence-electron chi connectivity index (χ4n) is 2.02. The van der Waals surface area contributed by atoms with E-state index in [1.54, 1.807) is 0 Å². The third-order valence-corrected chi connectivity index (χ3v) is 5.58. The average molecular weight is 265 g/mol. The van der Waals surface area contributed by atoms with Crippen molar-refractivity contribution in [3.8, 4) is 0 Å². The van der Waals surface area contributed by atoms with Gasteiger partial charge in [0, 0.05) is 24.4 Å². The fraction of sp³-hybridized carbons (Fsp3) is 0.385. The predicted octanol–water partition coefficient (Wildman–Crippen LogP) is 3.21. The van der Waals surface area contributed by atoms with Crippen molar-refractivity contribution in [3.63, 3.8) is 0 Å². The van der Waals surface area contributed by atoms with Crippen LogP contribution in [0.4, 0.5) is 0 Å². The van der Waals surface area contributed by atoms with E-state index in [0.29, 0.717) is 0 Å². The van der Waals surface area contributed by atoms with Gasteiger partial charge >= 0.3 is 0 Å². The maximum absolute atomic E-state index is 5.34. The number of benzene rings is 1. The van der Waals surface area contributed by atoms with E-state index in [2.05, 4.69) is 34.6 Å². The average Bonchev–Trinajstić information content (AvgIpc) is 2.80. The summed E-state index contributed by atoms with van der Waals surface area (Å²) < 4.78 is 7.73. The summed E-state index contributed by atoms with van der Waals surface area (Å²) in [6.45, 7) is 3.81. The molecule has 1 saturated heterocycles. The molecule has 0 N–H and O–H groups in total. The van der Waals surface area contributed by atoms with E-state index in [4.69, 9.17) is 4.74 Å². The van der Waals surface area contributed by atoms with Crippen LogP contribution in [-0.2, 0) is 11.2 Å². The van der Waals surface area contributed by atoms with Crippen LogP contribution in [0.25, 0.3) is 6.08 Å². The Balaban J connectivity index is 1.54. The van der Waals surface area contributed by atoms with Gasteiger partial charge in [-0.15, -0.1) is 0 Å². The van der Waals surface area contributed by atoms with Crippen molar-refractivity contribution in [3.05, 3.63) is 40.3 Å². The molecule has 0 bridgehead atoms. The van der Waals surface area contributed by atoms with Crippen molar-refractivity contribution in [2.24, 2.45) is 0 Å². The lowest BCUT2D eigenvalue weighted by atomic mass is 10.1. The van der Waals surface area contributed by atoms with Crippen molar-refractivity contribution in [2.45, 2.75) is 6.42 Å². The fourth-order valence-corrected chi connectivity index (χ4v) is 4.28. The van der Waals surface area contributed by atoms with E-state index in [0.717, 1.165) is 32.7 Å². The van der Waals surface area contributed by atoms with Gasteiger partial charge in [0.25, 0.3) is 0 Å². The Morgan fingerprint density at radius 3 is 2.76 bits per heavy atom. The molecule has 17 heavy (non-hydrogen) atoms. The summed E-state index contributed by atoms with van der Waals surface area (Å²) in [5, 5.41) is 0. The van der Waals surface area contributed by atoms with Gasteiger partial charge in [-0.2, -0.15) is 0 Å². The van der Waals surface area contributed by atoms with E-state index < -0.39 is 0 Å². The molecule has 1 heterocycles. The molecule has 2 nitrogen and oxygen atoms in total. The first-order chi connectivity index (χ1) is 8.42. The van der Waals surface area contributed by atoms with Crippen LogP contribution in [0.3, 0.4) is 0 Å². The van der Waals surface area contributed by atoms with Gasteiger partial charge in [0.15, 0.2) is 0 Å². The lowest BCUT2D eigenvalue weighted by molar-refractivity contribution is 0.0779. The van der Waals surface area contributed by atoms with Crippen molar-refractivity contribution in [2.75, 3.05) is 26.3 Å². The van der Waals surface area contributed by atoms with Crippen LogP contribution in [0.5, 0.6) is 0 Å². The number of allylic oxidation sites excluding steroid dienone is 1. The maximum Gasteiger partial charge on any atom is 0.0603 e. The summed E-state index contributed by atoms with van der Waals surface area (Å²) in [5.41, 5.74) is 2.84. The van der Waals surface area contributed by atoms with Crippen molar-refractivity contribution < 1.29 is 4.74 Å². The lowest BCUT2D eigenvalue weighted by Gasteiger charge is -2.24. The number of ether oxygens (including phenoxy) is 1. The second-order valence-corrected chi connectivity index (χ2v) is 6.49. The minimum Gasteiger partial charge on any atom is -0.379 e. The molecular weight excluding hydrogens is 250 g/mol. The minimum atomic E-state index is 0.868. The molecule has 2 aliphatic rings. The Bertz CT molecular complexity index is 427. The Morgan fingerprint density at radius 2 is 1.94 bits per heavy atom. The minimum absolute atomic E-state index is 0.868. The molecule has 0 radical (unpaired) electrons. The normalized spacial score (nSPS) is 20.1. The Hall–Kier alpha value is -0.420. The number of rotatable bonds is 3. The molecule has 1 fully saturated rings. The SMILES string of the molecule is C1=C(SSN2CCOCC2)Cc2ccccc21. The third-order valence-electron chi connectivity index (χ3n) is 2.96. The molecule has 3 rings (SSSR count). The van der Waals surface area contributed by atoms with Crippen LogP contribution in [0.15, 0.2) is 29.2 Å². The predicted molar refractivity (Wildman–Crippen MR) is 75.7 cm³/mol. The van der Waals surface area contributed by atoms with E-state index in [1.165, 1.54) is 16.0 Å². The van der Waals surface area contributed by atoms with Crippen molar-refractivity contribution in [1.82, 2.24) is 4.31 Å². The van der Waals surface area contributed by atoms with Crippen molar-refractivity contribution >= 4 is 27.8 Å². The van der Waals surface area contributed by atoms with Crippen LogP contribution in [0.1, 0.15) is 11.1 Å². The topological polar surface area (TPSA) is 12.5 Å². The van der Waals surface area contributed by atoms with Crippen molar-refractivity contribution in [1.29, 1.82) is 0 Å². The maximum atomic E-state index is 5.34. The Morgan fingerprint density at radius 1 is 1.12 bits per heavy atom. The molecule has 0 amide bonds. The zero-order chi connectivity index (χ0) is 11.5. The molecule has 1 aromatic rings. The van der Waals surface area contributed by atoms with E-state index >= 15 is 0 Å². The first-order valence-corrected chi connectivity index (χ1v) is 7.98. The Kier molecular flexibility index (Phi) is 3.76. The second-order valence-electron chi connectivity index (χ2n) is 4.19. The van der Waals surface area contributed by atoms with Gasteiger partial charge in [-0.1, -0.05) is 24.3 Å². The van der Waals surface area contributed by atoms with Gasteiger partial charge < -0.3 is 4.74 Å². The number of fused-ring (bicyclic) bond motifs is 1. The highest BCUT2D eigenvalue weighted by Gasteiger charge is 2.16. The molecular formula is C13H15NOS2. The van der Waals surface area contributed by atoms with Crippen LogP contribution >= 0.6 is 21.8 Å². The zero-order valence-electron chi connectivity index (χ0n) is 9.59. The third kappa shape index (κ3) is 2.88. The number of hydrogen-bond donors (Lipinski definition) is 0. The Labute approximate surface area is 110 Å². The van der Waals surface area contributed by atoms with Gasteiger partial charge in [-0.3, -0.25) is 0 Å². The quantitative estimate of drug-likeness (QED) is 0.614. The first kappa shape index (κ1) is 11.7. The van der Waals surface area contributed by atoms with E-state index in [-0.39, 0.29) is 0 Å². The highest BCUT2D eigenvalue weighted by Crippen LogP contribution is 2.40. The molecule has 4 heteroatoms. The number of nitrogens with zero attached hydrogens (tertiary/aromatic N) is 1. The van der Waals surface area contributed by atoms with Gasteiger partial charge in [-0.05, 0) is 39.0 Å². The highest BCUT2D eigenvalue weighted by molar-refractivity contribution is 8.77. The van der Waals surface area contributed by atoms with E-state index in [1.807, 2.05) is 21.8 Å². The molecule has 0 atom stereocenters. The largest absolute Gasteiger partial charge is 0.379 e. The summed E-state index contributed by atoms with van der Waals surface area (Å²) in [5.74, 6) is 0. The molecule has 0 aromatic heterocycles. The van der Waals surface area contributed by atoms with E-state index in [9.17, 15) is 0 Å². The summed E-state index contributed by atoms with van der Waals surface area (Å²) in [6.07, 6.45) is 3.41. The summed E-state index contributed by atoms with van der Waals surface area (Å²) in [6, 6.07) is 8.65. The molecule has 90 valence electrons. The highest BCUT2D eigenvalue weighted by atomic mass is 33.1. The molecule has 0 saturated carbocycles. The molecule has 0 spiro atoms. The van der Waals surface area contributed by atoms with Crippen LogP contribution in [-0.4, -0.2) is 30.6 Å². The molecule has 1 aliphatic heterocycles. The first-order valence-electron chi connectivity index (χ1n) is 5.87. The van der Waals surface area contributed by atoms with Gasteiger partial charge in [0.1, 0.15) is 0 Å². The molecule has 1 aromatic carbocycles. The van der Waals surface area contributed by atoms with Gasteiger partial charge in [0.2, 0.25) is 0 Å².